The third-order valence-electron chi connectivity index (χ3n) is 4.47. The van der Waals surface area contributed by atoms with E-state index in [1.165, 1.54) is 11.8 Å². The molecular weight excluding hydrogens is 452 g/mol. The fourth-order valence-electron chi connectivity index (χ4n) is 2.87. The molecule has 0 bridgehead atoms. The highest BCUT2D eigenvalue weighted by Crippen LogP contribution is 2.26. The number of rotatable bonds is 7. The van der Waals surface area contributed by atoms with E-state index in [0.717, 1.165) is 32.6 Å². The van der Waals surface area contributed by atoms with Gasteiger partial charge >= 0.3 is 0 Å². The number of amides is 1. The second kappa shape index (κ2) is 9.45. The van der Waals surface area contributed by atoms with Gasteiger partial charge < -0.3 is 14.6 Å². The van der Waals surface area contributed by atoms with Crippen LogP contribution in [0.2, 0.25) is 0 Å². The van der Waals surface area contributed by atoms with Crippen molar-refractivity contribution in [3.05, 3.63) is 63.4 Å². The fraction of sp³-hybridized carbons (Fsp3) is 0.286. The van der Waals surface area contributed by atoms with E-state index in [1.54, 1.807) is 0 Å². The van der Waals surface area contributed by atoms with E-state index in [-0.39, 0.29) is 11.7 Å². The van der Waals surface area contributed by atoms with E-state index in [0.29, 0.717) is 17.6 Å². The number of nitrogens with one attached hydrogen (secondary N) is 1. The monoisotopic (exact) mass is 474 g/mol. The van der Waals surface area contributed by atoms with Gasteiger partial charge in [0, 0.05) is 17.2 Å². The summed E-state index contributed by atoms with van der Waals surface area (Å²) in [6.45, 7) is 6.27. The Balaban J connectivity index is 1.57. The number of hydrogen-bond donors (Lipinski definition) is 1. The molecule has 0 saturated heterocycles. The molecule has 0 aliphatic heterocycles. The summed E-state index contributed by atoms with van der Waals surface area (Å²) in [6, 6.07) is 11.8. The largest absolute Gasteiger partial charge is 0.485 e. The van der Waals surface area contributed by atoms with Crippen molar-refractivity contribution in [1.82, 2.24) is 14.8 Å². The lowest BCUT2D eigenvalue weighted by molar-refractivity contribution is -0.113. The van der Waals surface area contributed by atoms with Crippen molar-refractivity contribution in [2.45, 2.75) is 32.5 Å². The second-order valence-corrected chi connectivity index (χ2v) is 8.62. The van der Waals surface area contributed by atoms with E-state index in [9.17, 15) is 4.79 Å². The zero-order valence-corrected chi connectivity index (χ0v) is 19.2. The first kappa shape index (κ1) is 21.4. The Morgan fingerprint density at radius 3 is 2.52 bits per heavy atom. The Morgan fingerprint density at radius 1 is 1.14 bits per heavy atom. The predicted molar refractivity (Wildman–Crippen MR) is 119 cm³/mol. The molecule has 0 saturated carbocycles. The van der Waals surface area contributed by atoms with Crippen molar-refractivity contribution < 1.29 is 9.53 Å². The zero-order valence-electron chi connectivity index (χ0n) is 16.8. The molecule has 0 aliphatic carbocycles. The van der Waals surface area contributed by atoms with Crippen LogP contribution in [0.5, 0.6) is 5.75 Å². The second-order valence-electron chi connectivity index (χ2n) is 6.76. The van der Waals surface area contributed by atoms with Gasteiger partial charge in [-0.3, -0.25) is 4.79 Å². The summed E-state index contributed by atoms with van der Waals surface area (Å²) in [5.74, 6) is 1.70. The highest BCUT2D eigenvalue weighted by Gasteiger charge is 2.14. The summed E-state index contributed by atoms with van der Waals surface area (Å²) >= 11 is 4.82. The number of anilines is 1. The molecule has 1 N–H and O–H groups in total. The van der Waals surface area contributed by atoms with Crippen LogP contribution < -0.4 is 10.1 Å². The molecular formula is C21H23BrN4O2S. The lowest BCUT2D eigenvalue weighted by Crippen LogP contribution is -2.16. The number of carbonyl (C=O) groups excluding carboxylic acids is 1. The molecule has 8 heteroatoms. The summed E-state index contributed by atoms with van der Waals surface area (Å²) < 4.78 is 8.69. The van der Waals surface area contributed by atoms with E-state index in [4.69, 9.17) is 4.74 Å². The van der Waals surface area contributed by atoms with E-state index in [2.05, 4.69) is 31.4 Å². The first-order chi connectivity index (χ1) is 13.8. The van der Waals surface area contributed by atoms with Crippen molar-refractivity contribution in [2.75, 3.05) is 11.1 Å². The Hall–Kier alpha value is -2.32. The van der Waals surface area contributed by atoms with E-state index < -0.39 is 0 Å². The molecule has 152 valence electrons. The zero-order chi connectivity index (χ0) is 21.0. The molecule has 6 nitrogen and oxygen atoms in total. The van der Waals surface area contributed by atoms with Gasteiger partial charge in [0.15, 0.2) is 11.0 Å². The molecule has 0 radical (unpaired) electrons. The van der Waals surface area contributed by atoms with Crippen LogP contribution in [0.3, 0.4) is 0 Å². The molecule has 3 rings (SSSR count). The third kappa shape index (κ3) is 5.39. The first-order valence-corrected chi connectivity index (χ1v) is 10.9. The molecule has 1 aromatic heterocycles. The van der Waals surface area contributed by atoms with Crippen molar-refractivity contribution in [3.8, 4) is 5.75 Å². The van der Waals surface area contributed by atoms with Gasteiger partial charge in [-0.25, -0.2) is 0 Å². The predicted octanol–water partition coefficient (Wildman–Crippen LogP) is 4.81. The number of hydrogen-bond acceptors (Lipinski definition) is 5. The summed E-state index contributed by atoms with van der Waals surface area (Å²) in [5, 5.41) is 12.0. The van der Waals surface area contributed by atoms with E-state index in [1.807, 2.05) is 68.8 Å². The van der Waals surface area contributed by atoms with Crippen LogP contribution in [-0.2, 0) is 18.4 Å². The Morgan fingerprint density at radius 2 is 1.83 bits per heavy atom. The fourth-order valence-corrected chi connectivity index (χ4v) is 4.29. The SMILES string of the molecule is Cc1ccccc1OCc1nnc(SCC(=O)Nc2c(C)cc(Br)cc2C)n1C. The Bertz CT molecular complexity index is 1010. The van der Waals surface area contributed by atoms with Gasteiger partial charge in [0.25, 0.3) is 0 Å². The minimum Gasteiger partial charge on any atom is -0.485 e. The Labute approximate surface area is 183 Å². The maximum absolute atomic E-state index is 12.4. The topological polar surface area (TPSA) is 69.0 Å². The Kier molecular flexibility index (Phi) is 6.97. The number of nitrogens with zero attached hydrogens (tertiary/aromatic N) is 3. The number of ether oxygens (including phenoxy) is 1. The highest BCUT2D eigenvalue weighted by atomic mass is 79.9. The lowest BCUT2D eigenvalue weighted by Gasteiger charge is -2.12. The van der Waals surface area contributed by atoms with Crippen LogP contribution >= 0.6 is 27.7 Å². The molecule has 0 atom stereocenters. The van der Waals surface area contributed by atoms with Crippen LogP contribution in [0.4, 0.5) is 5.69 Å². The van der Waals surface area contributed by atoms with Crippen molar-refractivity contribution in [1.29, 1.82) is 0 Å². The number of benzene rings is 2. The standard InChI is InChI=1S/C21H23BrN4O2S/c1-13-7-5-6-8-17(13)28-11-18-24-25-21(26(18)4)29-12-19(27)23-20-14(2)9-16(22)10-15(20)3/h5-10H,11-12H2,1-4H3,(H,23,27). The molecule has 0 fully saturated rings. The summed E-state index contributed by atoms with van der Waals surface area (Å²) in [6.07, 6.45) is 0. The van der Waals surface area contributed by atoms with Gasteiger partial charge in [-0.1, -0.05) is 45.9 Å². The van der Waals surface area contributed by atoms with Gasteiger partial charge in [0.2, 0.25) is 5.91 Å². The van der Waals surface area contributed by atoms with Gasteiger partial charge in [0.05, 0.1) is 5.75 Å². The number of carbonyl (C=O) groups is 1. The van der Waals surface area contributed by atoms with Crippen molar-refractivity contribution in [3.63, 3.8) is 0 Å². The summed E-state index contributed by atoms with van der Waals surface area (Å²) in [7, 11) is 1.87. The quantitative estimate of drug-likeness (QED) is 0.497. The normalized spacial score (nSPS) is 10.8. The van der Waals surface area contributed by atoms with Gasteiger partial charge in [0.1, 0.15) is 12.4 Å². The average Bonchev–Trinajstić information content (AvgIpc) is 3.02. The van der Waals surface area contributed by atoms with Crippen LogP contribution in [-0.4, -0.2) is 26.4 Å². The molecule has 1 heterocycles. The molecule has 1 amide bonds. The average molecular weight is 475 g/mol. The van der Waals surface area contributed by atoms with E-state index >= 15 is 0 Å². The molecule has 3 aromatic rings. The van der Waals surface area contributed by atoms with Crippen molar-refractivity contribution in [2.24, 2.45) is 7.05 Å². The summed E-state index contributed by atoms with van der Waals surface area (Å²) in [4.78, 5) is 12.4. The first-order valence-electron chi connectivity index (χ1n) is 9.11. The van der Waals surface area contributed by atoms with Crippen LogP contribution in [0, 0.1) is 20.8 Å². The minimum atomic E-state index is -0.0794. The van der Waals surface area contributed by atoms with Crippen molar-refractivity contribution >= 4 is 39.3 Å². The third-order valence-corrected chi connectivity index (χ3v) is 5.95. The maximum Gasteiger partial charge on any atom is 0.234 e. The number of aryl methyl sites for hydroxylation is 3. The number of thioether (sulfide) groups is 1. The van der Waals surface area contributed by atoms with Crippen LogP contribution in [0.1, 0.15) is 22.5 Å². The number of halogens is 1. The molecule has 2 aromatic carbocycles. The lowest BCUT2D eigenvalue weighted by atomic mass is 10.1. The number of para-hydroxylation sites is 1. The molecule has 0 spiro atoms. The van der Waals surface area contributed by atoms with Crippen LogP contribution in [0.15, 0.2) is 46.0 Å². The summed E-state index contributed by atoms with van der Waals surface area (Å²) in [5.41, 5.74) is 3.96. The van der Waals surface area contributed by atoms with Gasteiger partial charge in [-0.2, -0.15) is 0 Å². The van der Waals surface area contributed by atoms with Crippen LogP contribution in [0.25, 0.3) is 0 Å². The highest BCUT2D eigenvalue weighted by molar-refractivity contribution is 9.10. The smallest absolute Gasteiger partial charge is 0.234 e. The molecule has 29 heavy (non-hydrogen) atoms. The van der Waals surface area contributed by atoms with Gasteiger partial charge in [-0.05, 0) is 55.7 Å². The van der Waals surface area contributed by atoms with Gasteiger partial charge in [-0.15, -0.1) is 10.2 Å². The molecule has 0 aliphatic rings. The maximum atomic E-state index is 12.4. The molecule has 0 unspecified atom stereocenters. The number of aromatic nitrogens is 3. The minimum absolute atomic E-state index is 0.0794.